The summed E-state index contributed by atoms with van der Waals surface area (Å²) in [5.74, 6) is 7.34. The van der Waals surface area contributed by atoms with Crippen LogP contribution in [0.5, 0.6) is 11.5 Å². The van der Waals surface area contributed by atoms with Gasteiger partial charge in [0.1, 0.15) is 0 Å². The van der Waals surface area contributed by atoms with E-state index in [0.717, 1.165) is 23.5 Å². The molecule has 2 unspecified atom stereocenters. The molecule has 5 nitrogen and oxygen atoms in total. The number of rotatable bonds is 4. The number of methoxy groups -OCH3 is 1. The van der Waals surface area contributed by atoms with Crippen molar-refractivity contribution in [3.05, 3.63) is 23.8 Å². The minimum absolute atomic E-state index is 0.0457. The molecular weight excluding hydrogens is 268 g/mol. The molecular formula is C16H26N2O3. The van der Waals surface area contributed by atoms with Gasteiger partial charge in [0.15, 0.2) is 11.5 Å². The van der Waals surface area contributed by atoms with E-state index in [2.05, 4.69) is 26.2 Å². The van der Waals surface area contributed by atoms with Gasteiger partial charge in [-0.15, -0.1) is 0 Å². The van der Waals surface area contributed by atoms with Gasteiger partial charge in [-0.05, 0) is 23.1 Å². The van der Waals surface area contributed by atoms with Crippen molar-refractivity contribution in [1.29, 1.82) is 0 Å². The van der Waals surface area contributed by atoms with Crippen LogP contribution in [0.2, 0.25) is 0 Å². The van der Waals surface area contributed by atoms with Gasteiger partial charge in [-0.25, -0.2) is 0 Å². The fourth-order valence-electron chi connectivity index (χ4n) is 2.72. The second kappa shape index (κ2) is 6.64. The molecule has 0 radical (unpaired) electrons. The summed E-state index contributed by atoms with van der Waals surface area (Å²) in [5.41, 5.74) is 3.86. The maximum absolute atomic E-state index is 5.78. The molecule has 0 saturated heterocycles. The largest absolute Gasteiger partial charge is 0.490 e. The molecule has 0 aliphatic carbocycles. The van der Waals surface area contributed by atoms with Crippen molar-refractivity contribution in [3.63, 3.8) is 0 Å². The fourth-order valence-corrected chi connectivity index (χ4v) is 2.72. The Bertz CT molecular complexity index is 471. The molecule has 0 fully saturated rings. The zero-order valence-corrected chi connectivity index (χ0v) is 13.3. The lowest BCUT2D eigenvalue weighted by Crippen LogP contribution is -2.44. The number of benzene rings is 1. The van der Waals surface area contributed by atoms with Gasteiger partial charge in [-0.1, -0.05) is 26.8 Å². The average molecular weight is 294 g/mol. The molecule has 118 valence electrons. The zero-order chi connectivity index (χ0) is 15.5. The molecule has 0 spiro atoms. The van der Waals surface area contributed by atoms with Gasteiger partial charge < -0.3 is 14.2 Å². The van der Waals surface area contributed by atoms with E-state index in [0.29, 0.717) is 13.2 Å². The van der Waals surface area contributed by atoms with Crippen molar-refractivity contribution in [3.8, 4) is 11.5 Å². The number of hydrazine groups is 1. The maximum atomic E-state index is 5.78. The number of nitrogens with one attached hydrogen (secondary N) is 1. The van der Waals surface area contributed by atoms with E-state index in [1.165, 1.54) is 0 Å². The van der Waals surface area contributed by atoms with Crippen LogP contribution in [0.25, 0.3) is 0 Å². The van der Waals surface area contributed by atoms with Crippen LogP contribution in [0.4, 0.5) is 0 Å². The summed E-state index contributed by atoms with van der Waals surface area (Å²) in [6.07, 6.45) is 0.831. The van der Waals surface area contributed by atoms with Crippen molar-refractivity contribution >= 4 is 0 Å². The Balaban J connectivity index is 2.32. The summed E-state index contributed by atoms with van der Waals surface area (Å²) in [4.78, 5) is 0. The second-order valence-electron chi connectivity index (χ2n) is 6.42. The number of ether oxygens (including phenoxy) is 3. The van der Waals surface area contributed by atoms with Crippen molar-refractivity contribution in [2.75, 3.05) is 20.3 Å². The summed E-state index contributed by atoms with van der Waals surface area (Å²) in [7, 11) is 1.71. The number of fused-ring (bicyclic) bond motifs is 1. The Kier molecular flexibility index (Phi) is 5.08. The first-order valence-corrected chi connectivity index (χ1v) is 7.36. The molecule has 5 heteroatoms. The first-order chi connectivity index (χ1) is 9.97. The summed E-state index contributed by atoms with van der Waals surface area (Å²) in [6.45, 7) is 7.76. The molecule has 2 atom stereocenters. The lowest BCUT2D eigenvalue weighted by Gasteiger charge is -2.36. The molecule has 0 amide bonds. The molecule has 1 aromatic rings. The van der Waals surface area contributed by atoms with Crippen LogP contribution >= 0.6 is 0 Å². The van der Waals surface area contributed by atoms with Crippen molar-refractivity contribution in [2.24, 2.45) is 11.3 Å². The van der Waals surface area contributed by atoms with E-state index < -0.39 is 0 Å². The van der Waals surface area contributed by atoms with Gasteiger partial charge >= 0.3 is 0 Å². The monoisotopic (exact) mass is 294 g/mol. The van der Waals surface area contributed by atoms with E-state index in [-0.39, 0.29) is 17.6 Å². The normalized spacial score (nSPS) is 18.0. The van der Waals surface area contributed by atoms with Crippen LogP contribution in [0.1, 0.15) is 38.8 Å². The Morgan fingerprint density at radius 3 is 2.43 bits per heavy atom. The predicted octanol–water partition coefficient (Wildman–Crippen LogP) is 2.41. The molecule has 1 aliphatic heterocycles. The van der Waals surface area contributed by atoms with Crippen LogP contribution in [-0.4, -0.2) is 26.4 Å². The highest BCUT2D eigenvalue weighted by atomic mass is 16.5. The quantitative estimate of drug-likeness (QED) is 0.659. The van der Waals surface area contributed by atoms with Crippen LogP contribution in [-0.2, 0) is 4.74 Å². The highest BCUT2D eigenvalue weighted by Crippen LogP contribution is 2.36. The van der Waals surface area contributed by atoms with Crippen molar-refractivity contribution in [1.82, 2.24) is 5.43 Å². The Morgan fingerprint density at radius 2 is 1.86 bits per heavy atom. The standard InChI is InChI=1S/C16H26N2O3/c1-16(2,3)15(19-4)14(18-17)11-6-7-12-13(10-11)21-9-5-8-20-12/h6-7,10,14-15,18H,5,8-9,17H2,1-4H3. The maximum Gasteiger partial charge on any atom is 0.161 e. The lowest BCUT2D eigenvalue weighted by molar-refractivity contribution is -0.0120. The first kappa shape index (κ1) is 16.1. The molecule has 0 bridgehead atoms. The molecule has 1 aromatic carbocycles. The van der Waals surface area contributed by atoms with Gasteiger partial charge in [-0.2, -0.15) is 0 Å². The number of hydrogen-bond donors (Lipinski definition) is 2. The number of nitrogens with two attached hydrogens (primary N) is 1. The van der Waals surface area contributed by atoms with E-state index in [1.54, 1.807) is 7.11 Å². The molecule has 1 aliphatic rings. The Morgan fingerprint density at radius 1 is 1.19 bits per heavy atom. The molecule has 0 saturated carbocycles. The molecule has 21 heavy (non-hydrogen) atoms. The third-order valence-electron chi connectivity index (χ3n) is 3.72. The summed E-state index contributed by atoms with van der Waals surface area (Å²) in [6, 6.07) is 5.82. The minimum atomic E-state index is -0.118. The SMILES string of the molecule is COC(C(NN)c1ccc2c(c1)OCCCO2)C(C)(C)C. The molecule has 2 rings (SSSR count). The zero-order valence-electron chi connectivity index (χ0n) is 13.3. The van der Waals surface area contributed by atoms with Gasteiger partial charge in [0.05, 0.1) is 25.4 Å². The third-order valence-corrected chi connectivity index (χ3v) is 3.72. The number of hydrogen-bond acceptors (Lipinski definition) is 5. The van der Waals surface area contributed by atoms with Crippen LogP contribution in [0.3, 0.4) is 0 Å². The van der Waals surface area contributed by atoms with Crippen LogP contribution in [0.15, 0.2) is 18.2 Å². The third kappa shape index (κ3) is 3.67. The lowest BCUT2D eigenvalue weighted by atomic mass is 9.82. The summed E-state index contributed by atoms with van der Waals surface area (Å²) >= 11 is 0. The molecule has 1 heterocycles. The van der Waals surface area contributed by atoms with Gasteiger partial charge in [-0.3, -0.25) is 11.3 Å². The fraction of sp³-hybridized carbons (Fsp3) is 0.625. The van der Waals surface area contributed by atoms with E-state index in [9.17, 15) is 0 Å². The van der Waals surface area contributed by atoms with Crippen molar-refractivity contribution < 1.29 is 14.2 Å². The summed E-state index contributed by atoms with van der Waals surface area (Å²) in [5, 5.41) is 0. The Labute approximate surface area is 126 Å². The first-order valence-electron chi connectivity index (χ1n) is 7.36. The average Bonchev–Trinajstić information content (AvgIpc) is 2.67. The van der Waals surface area contributed by atoms with Crippen molar-refractivity contribution in [2.45, 2.75) is 39.3 Å². The van der Waals surface area contributed by atoms with Gasteiger partial charge in [0.25, 0.3) is 0 Å². The highest BCUT2D eigenvalue weighted by molar-refractivity contribution is 5.44. The second-order valence-corrected chi connectivity index (χ2v) is 6.42. The molecule has 0 aromatic heterocycles. The van der Waals surface area contributed by atoms with Crippen LogP contribution < -0.4 is 20.7 Å². The molecule has 3 N–H and O–H groups in total. The van der Waals surface area contributed by atoms with Gasteiger partial charge in [0, 0.05) is 13.5 Å². The highest BCUT2D eigenvalue weighted by Gasteiger charge is 2.33. The Hall–Kier alpha value is -1.30. The summed E-state index contributed by atoms with van der Waals surface area (Å²) < 4.78 is 17.1. The smallest absolute Gasteiger partial charge is 0.161 e. The van der Waals surface area contributed by atoms with E-state index >= 15 is 0 Å². The minimum Gasteiger partial charge on any atom is -0.490 e. The van der Waals surface area contributed by atoms with E-state index in [1.807, 2.05) is 18.2 Å². The van der Waals surface area contributed by atoms with E-state index in [4.69, 9.17) is 20.1 Å². The predicted molar refractivity (Wildman–Crippen MR) is 82.4 cm³/mol. The topological polar surface area (TPSA) is 65.7 Å². The van der Waals surface area contributed by atoms with Gasteiger partial charge in [0.2, 0.25) is 0 Å². The van der Waals surface area contributed by atoms with Crippen LogP contribution in [0, 0.1) is 5.41 Å².